The molecule has 20 heavy (non-hydrogen) atoms. The lowest BCUT2D eigenvalue weighted by Crippen LogP contribution is -2.05. The Morgan fingerprint density at radius 1 is 1.25 bits per heavy atom. The Morgan fingerprint density at radius 3 is 2.65 bits per heavy atom. The predicted molar refractivity (Wildman–Crippen MR) is 85.5 cm³/mol. The Morgan fingerprint density at radius 2 is 2.00 bits per heavy atom. The summed E-state index contributed by atoms with van der Waals surface area (Å²) in [4.78, 5) is 0. The van der Waals surface area contributed by atoms with E-state index in [2.05, 4.69) is 15.9 Å². The van der Waals surface area contributed by atoms with E-state index in [1.807, 2.05) is 37.3 Å². The van der Waals surface area contributed by atoms with Crippen LogP contribution in [0.2, 0.25) is 5.02 Å². The summed E-state index contributed by atoms with van der Waals surface area (Å²) in [7, 11) is 1.62. The molecule has 2 aromatic rings. The molecule has 2 nitrogen and oxygen atoms in total. The van der Waals surface area contributed by atoms with E-state index in [0.29, 0.717) is 11.4 Å². The summed E-state index contributed by atoms with van der Waals surface area (Å²) in [5, 5.41) is 11.1. The molecule has 0 saturated heterocycles. The highest BCUT2D eigenvalue weighted by Gasteiger charge is 2.14. The zero-order valence-electron chi connectivity index (χ0n) is 11.4. The molecular weight excluding hydrogens is 340 g/mol. The van der Waals surface area contributed by atoms with E-state index < -0.39 is 6.10 Å². The van der Waals surface area contributed by atoms with Crippen molar-refractivity contribution in [3.05, 3.63) is 62.6 Å². The van der Waals surface area contributed by atoms with Crippen LogP contribution in [-0.2, 0) is 6.42 Å². The molecule has 0 aliphatic rings. The van der Waals surface area contributed by atoms with Crippen LogP contribution in [0.5, 0.6) is 5.75 Å². The van der Waals surface area contributed by atoms with Gasteiger partial charge >= 0.3 is 0 Å². The summed E-state index contributed by atoms with van der Waals surface area (Å²) in [6.07, 6.45) is -0.123. The van der Waals surface area contributed by atoms with Gasteiger partial charge in [0, 0.05) is 15.9 Å². The molecule has 0 aliphatic carbocycles. The van der Waals surface area contributed by atoms with Gasteiger partial charge in [0.2, 0.25) is 0 Å². The van der Waals surface area contributed by atoms with E-state index in [9.17, 15) is 5.11 Å². The lowest BCUT2D eigenvalue weighted by molar-refractivity contribution is 0.176. The van der Waals surface area contributed by atoms with Crippen molar-refractivity contribution < 1.29 is 9.84 Å². The minimum Gasteiger partial charge on any atom is -0.496 e. The van der Waals surface area contributed by atoms with Crippen molar-refractivity contribution in [3.63, 3.8) is 0 Å². The van der Waals surface area contributed by atoms with Gasteiger partial charge in [0.15, 0.2) is 0 Å². The largest absolute Gasteiger partial charge is 0.496 e. The number of hydrogen-bond acceptors (Lipinski definition) is 2. The number of ether oxygens (including phenoxy) is 1. The molecule has 0 fully saturated rings. The Bertz CT molecular complexity index is 613. The topological polar surface area (TPSA) is 29.5 Å². The lowest BCUT2D eigenvalue weighted by Gasteiger charge is -2.16. The number of rotatable bonds is 4. The second kappa shape index (κ2) is 6.61. The van der Waals surface area contributed by atoms with Crippen LogP contribution in [-0.4, -0.2) is 12.2 Å². The minimum atomic E-state index is -0.588. The first-order valence-corrected chi connectivity index (χ1v) is 7.45. The molecule has 0 bridgehead atoms. The van der Waals surface area contributed by atoms with Crippen molar-refractivity contribution in [1.82, 2.24) is 0 Å². The van der Waals surface area contributed by atoms with E-state index in [1.54, 1.807) is 13.2 Å². The van der Waals surface area contributed by atoms with Crippen LogP contribution in [0.4, 0.5) is 0 Å². The van der Waals surface area contributed by atoms with E-state index >= 15 is 0 Å². The molecular formula is C16H16BrClO2. The predicted octanol–water partition coefficient (Wildman–Crippen LogP) is 4.70. The van der Waals surface area contributed by atoms with Gasteiger partial charge < -0.3 is 9.84 Å². The summed E-state index contributed by atoms with van der Waals surface area (Å²) in [6.45, 7) is 1.98. The smallest absolute Gasteiger partial charge is 0.122 e. The highest BCUT2D eigenvalue weighted by molar-refractivity contribution is 9.10. The summed E-state index contributed by atoms with van der Waals surface area (Å²) >= 11 is 9.44. The Kier molecular flexibility index (Phi) is 5.08. The van der Waals surface area contributed by atoms with Crippen molar-refractivity contribution in [2.45, 2.75) is 19.4 Å². The van der Waals surface area contributed by atoms with E-state index in [4.69, 9.17) is 16.3 Å². The molecule has 1 N–H and O–H groups in total. The van der Waals surface area contributed by atoms with Gasteiger partial charge in [-0.2, -0.15) is 0 Å². The van der Waals surface area contributed by atoms with Crippen LogP contribution in [0.25, 0.3) is 0 Å². The van der Waals surface area contributed by atoms with E-state index in [0.717, 1.165) is 26.9 Å². The Hall–Kier alpha value is -1.03. The molecule has 0 saturated carbocycles. The van der Waals surface area contributed by atoms with Crippen LogP contribution in [0.1, 0.15) is 22.8 Å². The molecule has 0 aromatic heterocycles. The molecule has 0 amide bonds. The van der Waals surface area contributed by atoms with E-state index in [-0.39, 0.29) is 0 Å². The monoisotopic (exact) mass is 354 g/mol. The summed E-state index contributed by atoms with van der Waals surface area (Å²) in [5.41, 5.74) is 2.86. The average molecular weight is 356 g/mol. The first-order valence-electron chi connectivity index (χ1n) is 6.28. The third-order valence-corrected chi connectivity index (χ3v) is 3.97. The molecule has 1 atom stereocenters. The van der Waals surface area contributed by atoms with Crippen LogP contribution in [0.15, 0.2) is 40.9 Å². The fraction of sp³-hybridized carbons (Fsp3) is 0.250. The normalized spacial score (nSPS) is 12.2. The maximum Gasteiger partial charge on any atom is 0.122 e. The molecule has 0 heterocycles. The van der Waals surface area contributed by atoms with Gasteiger partial charge in [-0.3, -0.25) is 0 Å². The molecule has 0 aliphatic heterocycles. The molecule has 106 valence electrons. The fourth-order valence-corrected chi connectivity index (χ4v) is 2.91. The molecule has 4 heteroatoms. The number of halogens is 2. The summed E-state index contributed by atoms with van der Waals surface area (Å²) in [5.74, 6) is 0.739. The first-order chi connectivity index (χ1) is 9.51. The van der Waals surface area contributed by atoms with Gasteiger partial charge in [-0.15, -0.1) is 0 Å². The third kappa shape index (κ3) is 3.54. The van der Waals surface area contributed by atoms with Crippen LogP contribution in [0.3, 0.4) is 0 Å². The molecule has 2 aromatic carbocycles. The number of aliphatic hydroxyl groups is 1. The van der Waals surface area contributed by atoms with Crippen molar-refractivity contribution in [2.75, 3.05) is 7.11 Å². The first kappa shape index (κ1) is 15.4. The summed E-state index contributed by atoms with van der Waals surface area (Å²) < 4.78 is 6.32. The maximum atomic E-state index is 10.4. The van der Waals surface area contributed by atoms with Gasteiger partial charge in [0.25, 0.3) is 0 Å². The fourth-order valence-electron chi connectivity index (χ4n) is 2.24. The van der Waals surface area contributed by atoms with Crippen molar-refractivity contribution in [2.24, 2.45) is 0 Å². The average Bonchev–Trinajstić information content (AvgIpc) is 2.38. The lowest BCUT2D eigenvalue weighted by atomic mass is 9.97. The second-order valence-corrected chi connectivity index (χ2v) is 6.03. The highest BCUT2D eigenvalue weighted by atomic mass is 79.9. The SMILES string of the molecule is COc1ccc(Cl)cc1CC(O)c1ccc(Br)cc1C. The molecule has 0 radical (unpaired) electrons. The third-order valence-electron chi connectivity index (χ3n) is 3.25. The molecule has 2 rings (SSSR count). The number of methoxy groups -OCH3 is 1. The van der Waals surface area contributed by atoms with Gasteiger partial charge in [-0.25, -0.2) is 0 Å². The Labute approximate surface area is 132 Å². The number of aliphatic hydroxyl groups excluding tert-OH is 1. The van der Waals surface area contributed by atoms with Crippen LogP contribution < -0.4 is 4.74 Å². The van der Waals surface area contributed by atoms with Gasteiger partial charge in [0.05, 0.1) is 13.2 Å². The summed E-state index contributed by atoms with van der Waals surface area (Å²) in [6, 6.07) is 11.3. The van der Waals surface area contributed by atoms with Crippen molar-refractivity contribution in [1.29, 1.82) is 0 Å². The van der Waals surface area contributed by atoms with Gasteiger partial charge in [-0.1, -0.05) is 33.6 Å². The number of benzene rings is 2. The van der Waals surface area contributed by atoms with Crippen LogP contribution in [0, 0.1) is 6.92 Å². The molecule has 0 spiro atoms. The standard InChI is InChI=1S/C16H16BrClO2/c1-10-7-12(17)3-5-14(10)15(19)9-11-8-13(18)4-6-16(11)20-2/h3-8,15,19H,9H2,1-2H3. The van der Waals surface area contributed by atoms with Crippen molar-refractivity contribution >= 4 is 27.5 Å². The minimum absolute atomic E-state index is 0.464. The quantitative estimate of drug-likeness (QED) is 0.861. The highest BCUT2D eigenvalue weighted by Crippen LogP contribution is 2.29. The maximum absolute atomic E-state index is 10.4. The number of hydrogen-bond donors (Lipinski definition) is 1. The van der Waals surface area contributed by atoms with E-state index in [1.165, 1.54) is 0 Å². The van der Waals surface area contributed by atoms with Gasteiger partial charge in [0.1, 0.15) is 5.75 Å². The zero-order valence-corrected chi connectivity index (χ0v) is 13.7. The van der Waals surface area contributed by atoms with Crippen LogP contribution >= 0.6 is 27.5 Å². The van der Waals surface area contributed by atoms with Crippen molar-refractivity contribution in [3.8, 4) is 5.75 Å². The second-order valence-electron chi connectivity index (χ2n) is 4.68. The van der Waals surface area contributed by atoms with Gasteiger partial charge in [-0.05, 0) is 53.9 Å². The Balaban J connectivity index is 2.27. The molecule has 1 unspecified atom stereocenters. The number of aryl methyl sites for hydroxylation is 1. The zero-order chi connectivity index (χ0) is 14.7.